The number of carbonyl (C=O) groups excluding carboxylic acids is 1. The summed E-state index contributed by atoms with van der Waals surface area (Å²) in [5.41, 5.74) is 2.13. The summed E-state index contributed by atoms with van der Waals surface area (Å²) < 4.78 is 13.8. The Morgan fingerprint density at radius 1 is 1.30 bits per heavy atom. The first-order valence-corrected chi connectivity index (χ1v) is 7.58. The summed E-state index contributed by atoms with van der Waals surface area (Å²) in [5.74, 6) is -0.370. The number of hydrogen-bond acceptors (Lipinski definition) is 2. The van der Waals surface area contributed by atoms with Crippen molar-refractivity contribution < 1.29 is 9.18 Å². The van der Waals surface area contributed by atoms with E-state index in [2.05, 4.69) is 6.07 Å². The van der Waals surface area contributed by atoms with Crippen LogP contribution in [0.1, 0.15) is 29.0 Å². The summed E-state index contributed by atoms with van der Waals surface area (Å²) in [6.07, 6.45) is 0.697. The molecule has 0 spiro atoms. The van der Waals surface area contributed by atoms with Crippen molar-refractivity contribution in [2.24, 2.45) is 5.92 Å². The highest BCUT2D eigenvalue weighted by atomic mass is 19.1. The smallest absolute Gasteiger partial charge is 0.226 e. The molecule has 4 heteroatoms. The van der Waals surface area contributed by atoms with Crippen LogP contribution in [0.15, 0.2) is 48.5 Å². The third-order valence-corrected chi connectivity index (χ3v) is 4.26. The molecule has 0 aromatic heterocycles. The lowest BCUT2D eigenvalue weighted by Gasteiger charge is -2.17. The zero-order valence-electron chi connectivity index (χ0n) is 12.9. The number of carbonyl (C=O) groups is 1. The average molecular weight is 308 g/mol. The van der Waals surface area contributed by atoms with Crippen LogP contribution >= 0.6 is 0 Å². The van der Waals surface area contributed by atoms with Crippen LogP contribution in [0.25, 0.3) is 0 Å². The molecule has 0 aliphatic heterocycles. The Morgan fingerprint density at radius 3 is 2.83 bits per heavy atom. The molecule has 0 bridgehead atoms. The summed E-state index contributed by atoms with van der Waals surface area (Å²) in [6, 6.07) is 16.0. The zero-order chi connectivity index (χ0) is 16.4. The number of nitrogens with zero attached hydrogens (tertiary/aromatic N) is 2. The van der Waals surface area contributed by atoms with Gasteiger partial charge in [0, 0.05) is 19.5 Å². The van der Waals surface area contributed by atoms with Crippen molar-refractivity contribution in [2.75, 3.05) is 7.05 Å². The van der Waals surface area contributed by atoms with Crippen LogP contribution in [0.3, 0.4) is 0 Å². The van der Waals surface area contributed by atoms with E-state index in [0.29, 0.717) is 24.1 Å². The first-order chi connectivity index (χ1) is 11.1. The maximum atomic E-state index is 13.8. The minimum atomic E-state index is -0.239. The fourth-order valence-electron chi connectivity index (χ4n) is 2.96. The second kappa shape index (κ2) is 6.21. The molecule has 23 heavy (non-hydrogen) atoms. The number of rotatable bonds is 4. The highest BCUT2D eigenvalue weighted by Crippen LogP contribution is 2.49. The van der Waals surface area contributed by atoms with Gasteiger partial charge in [-0.3, -0.25) is 4.79 Å². The van der Waals surface area contributed by atoms with E-state index < -0.39 is 0 Å². The third-order valence-electron chi connectivity index (χ3n) is 4.26. The van der Waals surface area contributed by atoms with Gasteiger partial charge < -0.3 is 4.90 Å². The van der Waals surface area contributed by atoms with Crippen LogP contribution in [0, 0.1) is 23.1 Å². The van der Waals surface area contributed by atoms with E-state index in [1.807, 2.05) is 12.1 Å². The van der Waals surface area contributed by atoms with Crippen molar-refractivity contribution in [3.8, 4) is 6.07 Å². The molecule has 1 saturated carbocycles. The zero-order valence-corrected chi connectivity index (χ0v) is 12.9. The number of benzene rings is 2. The van der Waals surface area contributed by atoms with Crippen LogP contribution < -0.4 is 0 Å². The summed E-state index contributed by atoms with van der Waals surface area (Å²) in [6.45, 7) is 0.453. The van der Waals surface area contributed by atoms with Gasteiger partial charge in [-0.2, -0.15) is 5.26 Å². The lowest BCUT2D eigenvalue weighted by molar-refractivity contribution is -0.131. The van der Waals surface area contributed by atoms with Crippen molar-refractivity contribution in [3.05, 3.63) is 71.0 Å². The normalized spacial score (nSPS) is 19.0. The maximum Gasteiger partial charge on any atom is 0.226 e. The van der Waals surface area contributed by atoms with Crippen molar-refractivity contribution in [1.82, 2.24) is 4.90 Å². The number of amides is 1. The maximum absolute atomic E-state index is 13.8. The highest BCUT2D eigenvalue weighted by Gasteiger charge is 2.46. The molecule has 2 unspecified atom stereocenters. The Morgan fingerprint density at radius 2 is 2.09 bits per heavy atom. The minimum Gasteiger partial charge on any atom is -0.341 e. The lowest BCUT2D eigenvalue weighted by Crippen LogP contribution is -2.28. The lowest BCUT2D eigenvalue weighted by atomic mass is 10.1. The molecule has 116 valence electrons. The Hall–Kier alpha value is -2.67. The summed E-state index contributed by atoms with van der Waals surface area (Å²) >= 11 is 0. The van der Waals surface area contributed by atoms with Crippen molar-refractivity contribution >= 4 is 5.91 Å². The first kappa shape index (κ1) is 15.2. The van der Waals surface area contributed by atoms with Gasteiger partial charge in [0.25, 0.3) is 0 Å². The van der Waals surface area contributed by atoms with Gasteiger partial charge in [0.2, 0.25) is 5.91 Å². The predicted molar refractivity (Wildman–Crippen MR) is 84.9 cm³/mol. The van der Waals surface area contributed by atoms with Gasteiger partial charge >= 0.3 is 0 Å². The largest absolute Gasteiger partial charge is 0.341 e. The van der Waals surface area contributed by atoms with E-state index >= 15 is 0 Å². The van der Waals surface area contributed by atoms with Crippen LogP contribution in [0.4, 0.5) is 4.39 Å². The molecule has 2 aromatic rings. The van der Waals surface area contributed by atoms with E-state index in [4.69, 9.17) is 5.26 Å². The molecule has 3 rings (SSSR count). The molecule has 2 aromatic carbocycles. The minimum absolute atomic E-state index is 0.0170. The summed E-state index contributed by atoms with van der Waals surface area (Å²) in [4.78, 5) is 14.2. The monoisotopic (exact) mass is 308 g/mol. The van der Waals surface area contributed by atoms with E-state index in [1.54, 1.807) is 42.3 Å². The Labute approximate surface area is 135 Å². The fraction of sp³-hybridized carbons (Fsp3) is 0.263. The van der Waals surface area contributed by atoms with Gasteiger partial charge in [-0.25, -0.2) is 4.39 Å². The number of halogens is 1. The number of hydrogen-bond donors (Lipinski definition) is 0. The molecule has 3 nitrogen and oxygen atoms in total. The van der Waals surface area contributed by atoms with Gasteiger partial charge in [-0.15, -0.1) is 0 Å². The molecular weight excluding hydrogens is 291 g/mol. The van der Waals surface area contributed by atoms with Gasteiger partial charge in [0.1, 0.15) is 5.82 Å². The molecule has 1 fully saturated rings. The SMILES string of the molecule is CN(Cc1cccc(C#N)c1)C(=O)C1CC1c1ccccc1F. The molecule has 1 amide bonds. The van der Waals surface area contributed by atoms with E-state index in [0.717, 1.165) is 5.56 Å². The molecule has 0 radical (unpaired) electrons. The van der Waals surface area contributed by atoms with Crippen molar-refractivity contribution in [3.63, 3.8) is 0 Å². The predicted octanol–water partition coefficient (Wildman–Crippen LogP) is 3.46. The molecular formula is C19H17FN2O. The van der Waals surface area contributed by atoms with Gasteiger partial charge in [-0.05, 0) is 41.7 Å². The van der Waals surface area contributed by atoms with Crippen molar-refractivity contribution in [1.29, 1.82) is 5.26 Å². The summed E-state index contributed by atoms with van der Waals surface area (Å²) in [7, 11) is 1.75. The van der Waals surface area contributed by atoms with Crippen LogP contribution in [0.5, 0.6) is 0 Å². The van der Waals surface area contributed by atoms with Gasteiger partial charge in [0.15, 0.2) is 0 Å². The van der Waals surface area contributed by atoms with Crippen LogP contribution in [-0.2, 0) is 11.3 Å². The molecule has 0 heterocycles. The molecule has 1 aliphatic rings. The highest BCUT2D eigenvalue weighted by molar-refractivity contribution is 5.82. The Kier molecular flexibility index (Phi) is 4.12. The van der Waals surface area contributed by atoms with Crippen molar-refractivity contribution in [2.45, 2.75) is 18.9 Å². The standard InChI is InChI=1S/C19H17FN2O/c1-22(12-14-6-4-5-13(9-14)11-21)19(23)17-10-16(17)15-7-2-3-8-18(15)20/h2-9,16-17H,10,12H2,1H3. The van der Waals surface area contributed by atoms with E-state index in [-0.39, 0.29) is 23.6 Å². The third kappa shape index (κ3) is 3.24. The Balaban J connectivity index is 1.65. The molecule has 2 atom stereocenters. The van der Waals surface area contributed by atoms with Gasteiger partial charge in [0.05, 0.1) is 11.6 Å². The Bertz CT molecular complexity index is 781. The molecule has 0 N–H and O–H groups in total. The fourth-order valence-corrected chi connectivity index (χ4v) is 2.96. The second-order valence-corrected chi connectivity index (χ2v) is 5.98. The topological polar surface area (TPSA) is 44.1 Å². The van der Waals surface area contributed by atoms with E-state index in [9.17, 15) is 9.18 Å². The van der Waals surface area contributed by atoms with Crippen LogP contribution in [0.2, 0.25) is 0 Å². The first-order valence-electron chi connectivity index (χ1n) is 7.58. The van der Waals surface area contributed by atoms with Crippen LogP contribution in [-0.4, -0.2) is 17.9 Å². The average Bonchev–Trinajstić information content (AvgIpc) is 3.35. The molecule has 1 aliphatic carbocycles. The second-order valence-electron chi connectivity index (χ2n) is 5.98. The molecule has 0 saturated heterocycles. The quantitative estimate of drug-likeness (QED) is 0.868. The number of nitriles is 1. The summed E-state index contributed by atoms with van der Waals surface area (Å²) in [5, 5.41) is 8.92. The van der Waals surface area contributed by atoms with E-state index in [1.165, 1.54) is 6.07 Å². The van der Waals surface area contributed by atoms with Gasteiger partial charge in [-0.1, -0.05) is 30.3 Å².